The molecule has 1 rings (SSSR count). The minimum Gasteiger partial charge on any atom is -0.872 e. The van der Waals surface area contributed by atoms with E-state index in [1.165, 1.54) is 0 Å². The Morgan fingerprint density at radius 2 is 1.52 bits per heavy atom. The third-order valence-corrected chi connectivity index (χ3v) is 2.88. The van der Waals surface area contributed by atoms with Crippen LogP contribution in [0.3, 0.4) is 0 Å². The molecule has 23 heavy (non-hydrogen) atoms. The summed E-state index contributed by atoms with van der Waals surface area (Å²) in [5.41, 5.74) is -6.93. The highest BCUT2D eigenvalue weighted by Gasteiger charge is 2.76. The van der Waals surface area contributed by atoms with Gasteiger partial charge in [0.05, 0.1) is 5.02 Å². The van der Waals surface area contributed by atoms with Crippen LogP contribution in [-0.2, 0) is 4.79 Å². The van der Waals surface area contributed by atoms with Gasteiger partial charge in [0.2, 0.25) is 5.78 Å². The minimum absolute atomic E-state index is 0.560. The molecule has 0 atom stereocenters. The smallest absolute Gasteiger partial charge is 0.439 e. The molecule has 0 fully saturated rings. The van der Waals surface area contributed by atoms with E-state index in [9.17, 15) is 45.0 Å². The quantitative estimate of drug-likeness (QED) is 0.465. The van der Waals surface area contributed by atoms with Crippen LogP contribution < -0.4 is 5.11 Å². The fourth-order valence-electron chi connectivity index (χ4n) is 1.39. The number of hydrogen-bond acceptors (Lipinski definition) is 2. The first-order valence-corrected chi connectivity index (χ1v) is 5.80. The Morgan fingerprint density at radius 1 is 1.04 bits per heavy atom. The number of carbonyl (C=O) groups is 1. The zero-order valence-electron chi connectivity index (χ0n) is 10.5. The van der Waals surface area contributed by atoms with E-state index < -0.39 is 52.0 Å². The van der Waals surface area contributed by atoms with Gasteiger partial charge in [0, 0.05) is 0 Å². The molecule has 0 saturated heterocycles. The van der Waals surface area contributed by atoms with Crippen molar-refractivity contribution in [2.45, 2.75) is 18.0 Å². The lowest BCUT2D eigenvalue weighted by atomic mass is 9.97. The zero-order valence-corrected chi connectivity index (χ0v) is 11.3. The number of rotatable bonds is 3. The maximum absolute atomic E-state index is 13.3. The molecule has 0 saturated carbocycles. The number of allylic oxidation sites excluding steroid dienone is 1. The van der Waals surface area contributed by atoms with E-state index in [-0.39, 0.29) is 0 Å². The summed E-state index contributed by atoms with van der Waals surface area (Å²) in [6.45, 7) is 0. The Morgan fingerprint density at radius 3 is 1.91 bits per heavy atom. The van der Waals surface area contributed by atoms with Crippen LogP contribution >= 0.6 is 11.6 Å². The van der Waals surface area contributed by atoms with E-state index in [0.717, 1.165) is 0 Å². The number of halogens is 9. The van der Waals surface area contributed by atoms with Gasteiger partial charge in [-0.2, -0.15) is 26.3 Å². The van der Waals surface area contributed by atoms with Crippen molar-refractivity contribution in [2.24, 2.45) is 0 Å². The van der Waals surface area contributed by atoms with Gasteiger partial charge in [-0.3, -0.25) is 4.79 Å². The largest absolute Gasteiger partial charge is 0.872 e. The lowest BCUT2D eigenvalue weighted by Gasteiger charge is -2.28. The van der Waals surface area contributed by atoms with Crippen molar-refractivity contribution in [1.29, 1.82) is 0 Å². The van der Waals surface area contributed by atoms with Crippen molar-refractivity contribution in [2.75, 3.05) is 0 Å². The first kappa shape index (κ1) is 19.2. The van der Waals surface area contributed by atoms with E-state index in [1.54, 1.807) is 0 Å². The minimum atomic E-state index is -6.63. The summed E-state index contributed by atoms with van der Waals surface area (Å²) in [7, 11) is 0. The number of alkyl halides is 7. The third-order valence-electron chi connectivity index (χ3n) is 2.59. The summed E-state index contributed by atoms with van der Waals surface area (Å²) in [6, 6.07) is 1.79. The van der Waals surface area contributed by atoms with Crippen LogP contribution in [0.4, 0.5) is 35.1 Å². The summed E-state index contributed by atoms with van der Waals surface area (Å²) in [5.74, 6) is -5.88. The van der Waals surface area contributed by atoms with Gasteiger partial charge in [0.25, 0.3) is 0 Å². The van der Waals surface area contributed by atoms with Gasteiger partial charge in [0.15, 0.2) is 0 Å². The van der Waals surface area contributed by atoms with Crippen molar-refractivity contribution in [3.63, 3.8) is 0 Å². The monoisotopic (exact) mass is 367 g/mol. The summed E-state index contributed by atoms with van der Waals surface area (Å²) in [4.78, 5) is 11.1. The molecule has 0 radical (unpaired) electrons. The summed E-state index contributed by atoms with van der Waals surface area (Å²) >= 11 is 5.27. The predicted molar refractivity (Wildman–Crippen MR) is 60.3 cm³/mol. The molecule has 1 aromatic rings. The second kappa shape index (κ2) is 5.99. The highest BCUT2D eigenvalue weighted by Crippen LogP contribution is 2.47. The Labute approximate surface area is 128 Å². The molecule has 128 valence electrons. The van der Waals surface area contributed by atoms with Crippen molar-refractivity contribution >= 4 is 23.1 Å². The molecule has 0 amide bonds. The van der Waals surface area contributed by atoms with Crippen molar-refractivity contribution in [3.8, 4) is 0 Å². The van der Waals surface area contributed by atoms with Gasteiger partial charge in [-0.25, -0.2) is 8.78 Å². The standard InChI is InChI=1S/C12H5ClF8O2/c13-6-3-5(1-2-7(6)14)8(22)4-9(23)10(15,11(16,17)18)12(19,20)21/h1-4,22H/p-1/b8-4-. The fourth-order valence-corrected chi connectivity index (χ4v) is 1.57. The SMILES string of the molecule is O=C(/C=C(\[O-])c1ccc(F)c(Cl)c1)C(F)(C(F)(F)F)C(F)(F)F. The van der Waals surface area contributed by atoms with Crippen LogP contribution in [0, 0.1) is 5.82 Å². The molecule has 2 nitrogen and oxygen atoms in total. The van der Waals surface area contributed by atoms with E-state index in [1.807, 2.05) is 0 Å². The highest BCUT2D eigenvalue weighted by atomic mass is 35.5. The maximum atomic E-state index is 13.3. The lowest BCUT2D eigenvalue weighted by molar-refractivity contribution is -0.323. The molecule has 0 aliphatic heterocycles. The van der Waals surface area contributed by atoms with Crippen LogP contribution in [0.2, 0.25) is 5.02 Å². The second-order valence-electron chi connectivity index (χ2n) is 4.16. The number of carbonyl (C=O) groups excluding carboxylic acids is 1. The highest BCUT2D eigenvalue weighted by molar-refractivity contribution is 6.30. The first-order chi connectivity index (χ1) is 10.2. The van der Waals surface area contributed by atoms with E-state index in [0.29, 0.717) is 18.2 Å². The predicted octanol–water partition coefficient (Wildman–Crippen LogP) is 3.58. The molecule has 11 heteroatoms. The van der Waals surface area contributed by atoms with E-state index in [4.69, 9.17) is 11.6 Å². The van der Waals surface area contributed by atoms with Crippen LogP contribution in [0.25, 0.3) is 5.76 Å². The molecular formula is C12H4ClF8O2-. The van der Waals surface area contributed by atoms with Gasteiger partial charge in [-0.1, -0.05) is 23.4 Å². The van der Waals surface area contributed by atoms with Crippen molar-refractivity contribution < 1.29 is 45.0 Å². The van der Waals surface area contributed by atoms with Crippen LogP contribution in [-0.4, -0.2) is 23.8 Å². The molecule has 0 aliphatic rings. The zero-order chi connectivity index (χ0) is 18.2. The number of ketones is 1. The number of hydrogen-bond donors (Lipinski definition) is 0. The van der Waals surface area contributed by atoms with E-state index in [2.05, 4.69) is 0 Å². The Bertz CT molecular complexity index is 633. The van der Waals surface area contributed by atoms with Gasteiger partial charge < -0.3 is 5.11 Å². The third kappa shape index (κ3) is 3.57. The Kier molecular flexibility index (Phi) is 5.00. The second-order valence-corrected chi connectivity index (χ2v) is 4.56. The van der Waals surface area contributed by atoms with Gasteiger partial charge >= 0.3 is 18.0 Å². The lowest BCUT2D eigenvalue weighted by Crippen LogP contribution is -2.58. The van der Waals surface area contributed by atoms with Gasteiger partial charge in [-0.15, -0.1) is 0 Å². The topological polar surface area (TPSA) is 40.1 Å². The molecule has 0 bridgehead atoms. The first-order valence-electron chi connectivity index (χ1n) is 5.42. The number of benzene rings is 1. The molecule has 0 aromatic heterocycles. The molecule has 0 unspecified atom stereocenters. The Hall–Kier alpha value is -1.84. The van der Waals surface area contributed by atoms with Gasteiger partial charge in [0.1, 0.15) is 5.82 Å². The average molecular weight is 368 g/mol. The molecule has 0 heterocycles. The van der Waals surface area contributed by atoms with Crippen LogP contribution in [0.5, 0.6) is 0 Å². The molecule has 0 N–H and O–H groups in total. The molecule has 1 aromatic carbocycles. The summed E-state index contributed by atoms with van der Waals surface area (Å²) in [6.07, 6.45) is -14.0. The van der Waals surface area contributed by atoms with Crippen LogP contribution in [0.15, 0.2) is 24.3 Å². The Balaban J connectivity index is 3.33. The van der Waals surface area contributed by atoms with Crippen molar-refractivity contribution in [1.82, 2.24) is 0 Å². The molecule has 0 aliphatic carbocycles. The average Bonchev–Trinajstić information content (AvgIpc) is 2.37. The molecule has 0 spiro atoms. The molecular weight excluding hydrogens is 364 g/mol. The van der Waals surface area contributed by atoms with Crippen LogP contribution in [0.1, 0.15) is 5.56 Å². The maximum Gasteiger partial charge on any atom is 0.439 e. The fraction of sp³-hybridized carbons (Fsp3) is 0.250. The van der Waals surface area contributed by atoms with E-state index >= 15 is 0 Å². The summed E-state index contributed by atoms with van der Waals surface area (Å²) < 4.78 is 100. The summed E-state index contributed by atoms with van der Waals surface area (Å²) in [5, 5.41) is 10.8. The van der Waals surface area contributed by atoms with Gasteiger partial charge in [-0.05, 0) is 23.8 Å². The normalized spacial score (nSPS) is 14.0. The van der Waals surface area contributed by atoms with Crippen molar-refractivity contribution in [3.05, 3.63) is 40.7 Å².